The summed E-state index contributed by atoms with van der Waals surface area (Å²) in [4.78, 5) is 12.6. The van der Waals surface area contributed by atoms with E-state index in [2.05, 4.69) is 10.6 Å². The number of hydrogen-bond acceptors (Lipinski definition) is 2. The molecule has 3 atom stereocenters. The van der Waals surface area contributed by atoms with Gasteiger partial charge in [-0.15, -0.1) is 0 Å². The molecule has 0 spiro atoms. The first kappa shape index (κ1) is 14.5. The van der Waals surface area contributed by atoms with Crippen molar-refractivity contribution >= 4 is 5.91 Å². The highest BCUT2D eigenvalue weighted by Crippen LogP contribution is 2.29. The van der Waals surface area contributed by atoms with E-state index in [1.54, 1.807) is 12.1 Å². The van der Waals surface area contributed by atoms with Gasteiger partial charge in [-0.05, 0) is 43.5 Å². The molecule has 0 aliphatic carbocycles. The molecule has 23 heavy (non-hydrogen) atoms. The van der Waals surface area contributed by atoms with Crippen LogP contribution in [0.5, 0.6) is 0 Å². The zero-order chi connectivity index (χ0) is 16.0. The van der Waals surface area contributed by atoms with Crippen LogP contribution in [0.4, 0.5) is 4.39 Å². The summed E-state index contributed by atoms with van der Waals surface area (Å²) in [6, 6.07) is 11.3. The minimum atomic E-state index is -0.275. The van der Waals surface area contributed by atoms with Crippen molar-refractivity contribution in [2.75, 3.05) is 0 Å². The summed E-state index contributed by atoms with van der Waals surface area (Å²) in [5.74, 6) is -0.336. The molecule has 2 bridgehead atoms. The molecule has 120 valence electrons. The van der Waals surface area contributed by atoms with Crippen LogP contribution in [0, 0.1) is 5.82 Å². The molecular formula is C18H20FN3O. The van der Waals surface area contributed by atoms with Gasteiger partial charge in [-0.1, -0.05) is 12.1 Å². The molecule has 0 saturated carbocycles. The van der Waals surface area contributed by atoms with Crippen molar-refractivity contribution in [2.24, 2.45) is 7.05 Å². The molecular weight excluding hydrogens is 293 g/mol. The lowest BCUT2D eigenvalue weighted by molar-refractivity contribution is 0.0923. The highest BCUT2D eigenvalue weighted by molar-refractivity contribution is 5.94. The largest absolute Gasteiger partial charge is 0.346 e. The lowest BCUT2D eigenvalue weighted by Gasteiger charge is -2.21. The van der Waals surface area contributed by atoms with E-state index < -0.39 is 0 Å². The van der Waals surface area contributed by atoms with Gasteiger partial charge in [0.1, 0.15) is 11.5 Å². The number of aromatic nitrogens is 1. The Labute approximate surface area is 134 Å². The molecule has 0 unspecified atom stereocenters. The smallest absolute Gasteiger partial charge is 0.268 e. The average molecular weight is 313 g/mol. The van der Waals surface area contributed by atoms with E-state index in [0.717, 1.165) is 24.1 Å². The van der Waals surface area contributed by atoms with Crippen LogP contribution in [0.25, 0.3) is 11.3 Å². The summed E-state index contributed by atoms with van der Waals surface area (Å²) < 4.78 is 15.2. The van der Waals surface area contributed by atoms with Crippen LogP contribution >= 0.6 is 0 Å². The predicted octanol–water partition coefficient (Wildman–Crippen LogP) is 2.45. The molecule has 0 radical (unpaired) electrons. The number of halogens is 1. The zero-order valence-electron chi connectivity index (χ0n) is 13.1. The molecule has 1 amide bonds. The van der Waals surface area contributed by atoms with Gasteiger partial charge in [0.2, 0.25) is 0 Å². The van der Waals surface area contributed by atoms with Gasteiger partial charge in [0.15, 0.2) is 0 Å². The standard InChI is InChI=1S/C18H20FN3O/c1-22-16(11-3-2-4-12(19)9-11)7-8-17(22)18(23)21-15-10-13-5-6-14(15)20-13/h2-4,7-9,13-15,20H,5-6,10H2,1H3,(H,21,23)/t13-,14+,15-/m1/s1. The Morgan fingerprint density at radius 1 is 1.30 bits per heavy atom. The van der Waals surface area contributed by atoms with Crippen LogP contribution in [-0.4, -0.2) is 28.6 Å². The molecule has 1 aromatic carbocycles. The van der Waals surface area contributed by atoms with Gasteiger partial charge >= 0.3 is 0 Å². The quantitative estimate of drug-likeness (QED) is 0.914. The zero-order valence-corrected chi connectivity index (χ0v) is 13.1. The minimum absolute atomic E-state index is 0.0606. The van der Waals surface area contributed by atoms with Crippen LogP contribution in [0.2, 0.25) is 0 Å². The maximum Gasteiger partial charge on any atom is 0.268 e. The highest BCUT2D eigenvalue weighted by Gasteiger charge is 2.39. The maximum atomic E-state index is 13.4. The van der Waals surface area contributed by atoms with E-state index in [0.29, 0.717) is 17.8 Å². The number of benzene rings is 1. The first-order chi connectivity index (χ1) is 11.1. The van der Waals surface area contributed by atoms with E-state index in [9.17, 15) is 9.18 Å². The Bertz CT molecular complexity index is 754. The number of rotatable bonds is 3. The van der Waals surface area contributed by atoms with Crippen LogP contribution in [0.1, 0.15) is 29.8 Å². The van der Waals surface area contributed by atoms with Crippen LogP contribution in [0.15, 0.2) is 36.4 Å². The van der Waals surface area contributed by atoms with Crippen LogP contribution < -0.4 is 10.6 Å². The molecule has 4 nitrogen and oxygen atoms in total. The third-order valence-corrected chi connectivity index (χ3v) is 5.09. The van der Waals surface area contributed by atoms with Crippen molar-refractivity contribution in [1.29, 1.82) is 0 Å². The van der Waals surface area contributed by atoms with Gasteiger partial charge in [0, 0.05) is 36.4 Å². The monoisotopic (exact) mass is 313 g/mol. The third-order valence-electron chi connectivity index (χ3n) is 5.09. The SMILES string of the molecule is Cn1c(C(=O)N[C@@H]2C[C@H]3CC[C@@H]2N3)ccc1-c1cccc(F)c1. The van der Waals surface area contributed by atoms with Crippen molar-refractivity contribution in [3.63, 3.8) is 0 Å². The molecule has 2 saturated heterocycles. The molecule has 1 aromatic heterocycles. The van der Waals surface area contributed by atoms with Gasteiger partial charge in [-0.2, -0.15) is 0 Å². The van der Waals surface area contributed by atoms with E-state index in [4.69, 9.17) is 0 Å². The number of nitrogens with zero attached hydrogens (tertiary/aromatic N) is 1. The molecule has 2 aliphatic rings. The minimum Gasteiger partial charge on any atom is -0.346 e. The number of carbonyl (C=O) groups excluding carboxylic acids is 1. The summed E-state index contributed by atoms with van der Waals surface area (Å²) in [5, 5.41) is 6.67. The van der Waals surface area contributed by atoms with E-state index >= 15 is 0 Å². The third kappa shape index (κ3) is 2.55. The fraction of sp³-hybridized carbons (Fsp3) is 0.389. The van der Waals surface area contributed by atoms with E-state index in [1.807, 2.05) is 23.7 Å². The number of amides is 1. The molecule has 2 fully saturated rings. The predicted molar refractivity (Wildman–Crippen MR) is 86.6 cm³/mol. The lowest BCUT2D eigenvalue weighted by atomic mass is 9.95. The molecule has 5 heteroatoms. The van der Waals surface area contributed by atoms with E-state index in [-0.39, 0.29) is 17.8 Å². The summed E-state index contributed by atoms with van der Waals surface area (Å²) in [5.41, 5.74) is 2.21. The molecule has 2 aromatic rings. The first-order valence-electron chi connectivity index (χ1n) is 8.10. The van der Waals surface area contributed by atoms with Crippen molar-refractivity contribution < 1.29 is 9.18 Å². The molecule has 2 aliphatic heterocycles. The Morgan fingerprint density at radius 2 is 2.17 bits per heavy atom. The van der Waals surface area contributed by atoms with Crippen LogP contribution in [0.3, 0.4) is 0 Å². The second kappa shape index (κ2) is 5.49. The Hall–Kier alpha value is -2.14. The van der Waals surface area contributed by atoms with Gasteiger partial charge in [0.25, 0.3) is 5.91 Å². The highest BCUT2D eigenvalue weighted by atomic mass is 19.1. The Kier molecular flexibility index (Phi) is 3.45. The molecule has 2 N–H and O–H groups in total. The summed E-state index contributed by atoms with van der Waals surface area (Å²) in [6.07, 6.45) is 3.36. The Balaban J connectivity index is 1.54. The maximum absolute atomic E-state index is 13.4. The summed E-state index contributed by atoms with van der Waals surface area (Å²) in [6.45, 7) is 0. The fourth-order valence-corrected chi connectivity index (χ4v) is 3.90. The van der Waals surface area contributed by atoms with Crippen LogP contribution in [-0.2, 0) is 7.05 Å². The number of fused-ring (bicyclic) bond motifs is 2. The second-order valence-electron chi connectivity index (χ2n) is 6.54. The van der Waals surface area contributed by atoms with Crippen molar-refractivity contribution in [1.82, 2.24) is 15.2 Å². The van der Waals surface area contributed by atoms with Crippen molar-refractivity contribution in [3.05, 3.63) is 47.9 Å². The summed E-state index contributed by atoms with van der Waals surface area (Å²) >= 11 is 0. The number of hydrogen-bond donors (Lipinski definition) is 2. The topological polar surface area (TPSA) is 46.1 Å². The number of carbonyl (C=O) groups is 1. The normalized spacial score (nSPS) is 25.7. The molecule has 3 heterocycles. The van der Waals surface area contributed by atoms with E-state index in [1.165, 1.54) is 18.6 Å². The Morgan fingerprint density at radius 3 is 2.87 bits per heavy atom. The fourth-order valence-electron chi connectivity index (χ4n) is 3.90. The first-order valence-corrected chi connectivity index (χ1v) is 8.10. The van der Waals surface area contributed by atoms with Gasteiger partial charge in [-0.3, -0.25) is 4.79 Å². The second-order valence-corrected chi connectivity index (χ2v) is 6.54. The van der Waals surface area contributed by atoms with Gasteiger partial charge < -0.3 is 15.2 Å². The lowest BCUT2D eigenvalue weighted by Crippen LogP contribution is -2.43. The van der Waals surface area contributed by atoms with Crippen molar-refractivity contribution in [2.45, 2.75) is 37.4 Å². The van der Waals surface area contributed by atoms with Crippen molar-refractivity contribution in [3.8, 4) is 11.3 Å². The van der Waals surface area contributed by atoms with Gasteiger partial charge in [-0.25, -0.2) is 4.39 Å². The summed E-state index contributed by atoms with van der Waals surface area (Å²) in [7, 11) is 1.84. The number of nitrogens with one attached hydrogen (secondary N) is 2. The van der Waals surface area contributed by atoms with Gasteiger partial charge in [0.05, 0.1) is 0 Å². The average Bonchev–Trinajstić information content (AvgIpc) is 3.22. The molecule has 4 rings (SSSR count).